The molecule has 0 radical (unpaired) electrons. The van der Waals surface area contributed by atoms with E-state index in [9.17, 15) is 4.79 Å². The Kier molecular flexibility index (Phi) is 2.52. The molecule has 1 aliphatic rings. The van der Waals surface area contributed by atoms with Gasteiger partial charge < -0.3 is 5.11 Å². The molecule has 0 spiro atoms. The maximum Gasteiger partial charge on any atom is 0.332 e. The molecule has 1 rings (SSSR count). The van der Waals surface area contributed by atoms with E-state index in [1.165, 1.54) is 0 Å². The number of rotatable bonds is 5. The van der Waals surface area contributed by atoms with Crippen LogP contribution in [0.1, 0.15) is 26.2 Å². The topological polar surface area (TPSA) is 49.3 Å². The number of aliphatic carboxylic acids is 1. The van der Waals surface area contributed by atoms with E-state index in [0.29, 0.717) is 0 Å². The minimum absolute atomic E-state index is 0.781. The molecule has 1 unspecified atom stereocenters. The van der Waals surface area contributed by atoms with Crippen LogP contribution in [0.3, 0.4) is 0 Å². The Morgan fingerprint density at radius 1 is 1.75 bits per heavy atom. The van der Waals surface area contributed by atoms with Crippen LogP contribution in [0.2, 0.25) is 0 Å². The van der Waals surface area contributed by atoms with E-state index in [0.717, 1.165) is 24.8 Å². The lowest BCUT2D eigenvalue weighted by atomic mass is 10.1. The summed E-state index contributed by atoms with van der Waals surface area (Å²) in [5.41, 5.74) is 0.245. The van der Waals surface area contributed by atoms with Crippen molar-refractivity contribution in [3.8, 4) is 0 Å². The molecule has 0 bridgehead atoms. The lowest BCUT2D eigenvalue weighted by Gasteiger charge is -2.11. The van der Waals surface area contributed by atoms with Crippen LogP contribution in [0.5, 0.6) is 0 Å². The van der Waals surface area contributed by atoms with E-state index >= 15 is 0 Å². The van der Waals surface area contributed by atoms with Gasteiger partial charge in [0.1, 0.15) is 0 Å². The molecule has 2 N–H and O–H groups in total. The van der Waals surface area contributed by atoms with Crippen molar-refractivity contribution in [2.45, 2.75) is 31.7 Å². The average molecular weight is 169 g/mol. The Hall–Kier alpha value is -0.830. The Labute approximate surface area is 72.5 Å². The molecule has 0 aromatic carbocycles. The van der Waals surface area contributed by atoms with E-state index in [1.54, 1.807) is 13.1 Å². The highest BCUT2D eigenvalue weighted by atomic mass is 16.4. The predicted molar refractivity (Wildman–Crippen MR) is 47.0 cm³/mol. The van der Waals surface area contributed by atoms with Crippen LogP contribution in [0.25, 0.3) is 0 Å². The summed E-state index contributed by atoms with van der Waals surface area (Å²) >= 11 is 0. The lowest BCUT2D eigenvalue weighted by Crippen LogP contribution is -2.39. The number of likely N-dealkylation sites (N-methyl/N-ethyl adjacent to an activating group) is 1. The normalized spacial score (nSPS) is 26.7. The number of hydrogen-bond donors (Lipinski definition) is 2. The predicted octanol–water partition coefficient (Wildman–Crippen LogP) is 1.16. The average Bonchev–Trinajstić information content (AvgIpc) is 2.76. The fraction of sp³-hybridized carbons (Fsp3) is 0.667. The van der Waals surface area contributed by atoms with Gasteiger partial charge in [-0.05, 0) is 31.5 Å². The van der Waals surface area contributed by atoms with E-state index in [-0.39, 0.29) is 0 Å². The van der Waals surface area contributed by atoms with Crippen LogP contribution in [0.4, 0.5) is 0 Å². The highest BCUT2D eigenvalue weighted by Gasteiger charge is 2.49. The second-order valence-electron chi connectivity index (χ2n) is 3.14. The highest BCUT2D eigenvalue weighted by molar-refractivity contribution is 5.92. The fourth-order valence-corrected chi connectivity index (χ4v) is 1.40. The molecular formula is C9H15NO2. The van der Waals surface area contributed by atoms with Gasteiger partial charge in [0.2, 0.25) is 0 Å². The molecule has 0 heterocycles. The maximum absolute atomic E-state index is 10.8. The van der Waals surface area contributed by atoms with Gasteiger partial charge in [-0.1, -0.05) is 13.3 Å². The largest absolute Gasteiger partial charge is 0.479 e. The summed E-state index contributed by atoms with van der Waals surface area (Å²) < 4.78 is 0. The summed E-state index contributed by atoms with van der Waals surface area (Å²) in [5, 5.41) is 11.7. The fourth-order valence-electron chi connectivity index (χ4n) is 1.40. The number of hydrogen-bond acceptors (Lipinski definition) is 2. The van der Waals surface area contributed by atoms with Crippen LogP contribution in [0, 0.1) is 0 Å². The van der Waals surface area contributed by atoms with Crippen molar-refractivity contribution in [3.63, 3.8) is 0 Å². The number of unbranched alkanes of at least 4 members (excludes halogenated alkanes) is 1. The van der Waals surface area contributed by atoms with Gasteiger partial charge in [-0.2, -0.15) is 0 Å². The molecule has 3 nitrogen and oxygen atoms in total. The second-order valence-corrected chi connectivity index (χ2v) is 3.14. The Morgan fingerprint density at radius 2 is 2.42 bits per heavy atom. The molecule has 12 heavy (non-hydrogen) atoms. The zero-order valence-corrected chi connectivity index (χ0v) is 7.55. The van der Waals surface area contributed by atoms with E-state index in [2.05, 4.69) is 12.2 Å². The monoisotopic (exact) mass is 169 g/mol. The molecule has 1 atom stereocenters. The highest BCUT2D eigenvalue weighted by Crippen LogP contribution is 2.37. The van der Waals surface area contributed by atoms with Crippen LogP contribution in [-0.2, 0) is 4.79 Å². The first-order valence-corrected chi connectivity index (χ1v) is 4.32. The maximum atomic E-state index is 10.8. The van der Waals surface area contributed by atoms with E-state index in [4.69, 9.17) is 5.11 Å². The second kappa shape index (κ2) is 3.27. The zero-order chi connectivity index (χ0) is 9.19. The third-order valence-electron chi connectivity index (χ3n) is 2.35. The minimum atomic E-state index is -0.783. The molecule has 68 valence electrons. The van der Waals surface area contributed by atoms with Crippen molar-refractivity contribution in [1.82, 2.24) is 5.32 Å². The molecule has 0 fully saturated rings. The summed E-state index contributed by atoms with van der Waals surface area (Å²) in [6, 6.07) is 0. The molecule has 0 amide bonds. The lowest BCUT2D eigenvalue weighted by molar-refractivity contribution is -0.139. The summed E-state index contributed by atoms with van der Waals surface area (Å²) in [6.45, 7) is 2.10. The quantitative estimate of drug-likeness (QED) is 0.607. The van der Waals surface area contributed by atoms with Gasteiger partial charge in [-0.15, -0.1) is 0 Å². The summed E-state index contributed by atoms with van der Waals surface area (Å²) in [6.07, 6.45) is 4.88. The summed E-state index contributed by atoms with van der Waals surface area (Å²) in [4.78, 5) is 10.8. The van der Waals surface area contributed by atoms with Gasteiger partial charge in [0.25, 0.3) is 0 Å². The number of carboxylic acid groups (broad SMARTS) is 1. The third-order valence-corrected chi connectivity index (χ3v) is 2.35. The van der Waals surface area contributed by atoms with E-state index in [1.807, 2.05) is 0 Å². The number of carbonyl (C=O) groups is 1. The molecule has 1 aliphatic carbocycles. The molecule has 3 heteroatoms. The van der Waals surface area contributed by atoms with Crippen LogP contribution in [0.15, 0.2) is 11.6 Å². The first-order valence-electron chi connectivity index (χ1n) is 4.32. The first kappa shape index (κ1) is 9.26. The number of carboxylic acids is 1. The third kappa shape index (κ3) is 1.37. The zero-order valence-electron chi connectivity index (χ0n) is 7.55. The van der Waals surface area contributed by atoms with Crippen molar-refractivity contribution < 1.29 is 9.90 Å². The smallest absolute Gasteiger partial charge is 0.332 e. The summed E-state index contributed by atoms with van der Waals surface area (Å²) in [5.74, 6) is -0.781. The summed E-state index contributed by atoms with van der Waals surface area (Å²) in [7, 11) is 1.68. The van der Waals surface area contributed by atoms with Crippen molar-refractivity contribution in [1.29, 1.82) is 0 Å². The first-order chi connectivity index (χ1) is 5.67. The van der Waals surface area contributed by atoms with Crippen LogP contribution < -0.4 is 5.32 Å². The van der Waals surface area contributed by atoms with Gasteiger partial charge in [0, 0.05) is 0 Å². The van der Waals surface area contributed by atoms with Crippen molar-refractivity contribution in [3.05, 3.63) is 11.6 Å². The SMILES string of the molecule is CCCCC1=CC1(NC)C(=O)O. The standard InChI is InChI=1S/C9H15NO2/c1-3-4-5-7-6-9(7,10-2)8(11)12/h6,10H,3-5H2,1-2H3,(H,11,12). The van der Waals surface area contributed by atoms with Crippen LogP contribution in [-0.4, -0.2) is 23.7 Å². The van der Waals surface area contributed by atoms with Crippen molar-refractivity contribution in [2.75, 3.05) is 7.05 Å². The Balaban J connectivity index is 2.43. The van der Waals surface area contributed by atoms with Gasteiger partial charge in [0.05, 0.1) is 0 Å². The molecule has 0 aromatic rings. The molecule has 0 aromatic heterocycles. The molecule has 0 aliphatic heterocycles. The Bertz CT molecular complexity index is 223. The molecule has 0 saturated carbocycles. The van der Waals surface area contributed by atoms with Crippen molar-refractivity contribution in [2.24, 2.45) is 0 Å². The minimum Gasteiger partial charge on any atom is -0.479 e. The van der Waals surface area contributed by atoms with Crippen molar-refractivity contribution >= 4 is 5.97 Å². The van der Waals surface area contributed by atoms with Gasteiger partial charge in [-0.25, -0.2) is 4.79 Å². The van der Waals surface area contributed by atoms with E-state index < -0.39 is 11.5 Å². The molecule has 0 saturated heterocycles. The molecular weight excluding hydrogens is 154 g/mol. The van der Waals surface area contributed by atoms with Crippen LogP contribution >= 0.6 is 0 Å². The Morgan fingerprint density at radius 3 is 2.75 bits per heavy atom. The van der Waals surface area contributed by atoms with Gasteiger partial charge in [-0.3, -0.25) is 5.32 Å². The number of nitrogens with one attached hydrogen (secondary N) is 1. The van der Waals surface area contributed by atoms with Gasteiger partial charge in [0.15, 0.2) is 5.54 Å². The van der Waals surface area contributed by atoms with Gasteiger partial charge >= 0.3 is 5.97 Å².